The van der Waals surface area contributed by atoms with Gasteiger partial charge in [0.05, 0.1) is 0 Å². The second-order valence-corrected chi connectivity index (χ2v) is 3.32. The van der Waals surface area contributed by atoms with E-state index < -0.39 is 0 Å². The average Bonchev–Trinajstić information content (AvgIpc) is 2.71. The van der Waals surface area contributed by atoms with Crippen LogP contribution in [-0.2, 0) is 0 Å². The van der Waals surface area contributed by atoms with Gasteiger partial charge in [0.2, 0.25) is 0 Å². The summed E-state index contributed by atoms with van der Waals surface area (Å²) < 4.78 is 0. The summed E-state index contributed by atoms with van der Waals surface area (Å²) in [6.07, 6.45) is 4.27. The van der Waals surface area contributed by atoms with E-state index in [1.165, 1.54) is 19.3 Å². The molecule has 60 valence electrons. The van der Waals surface area contributed by atoms with Gasteiger partial charge in [-0.3, -0.25) is 0 Å². The predicted octanol–water partition coefficient (Wildman–Crippen LogP) is 0.723. The first-order chi connectivity index (χ1) is 4.83. The Morgan fingerprint density at radius 3 is 2.80 bits per heavy atom. The average molecular weight is 142 g/mol. The molecule has 2 nitrogen and oxygen atoms in total. The molecule has 1 aliphatic carbocycles. The van der Waals surface area contributed by atoms with Crippen molar-refractivity contribution in [2.45, 2.75) is 32.2 Å². The van der Waals surface area contributed by atoms with Crippen LogP contribution in [0.15, 0.2) is 0 Å². The first-order valence-corrected chi connectivity index (χ1v) is 4.26. The fourth-order valence-electron chi connectivity index (χ4n) is 1.02. The highest BCUT2D eigenvalue weighted by Gasteiger charge is 2.20. The molecule has 0 heterocycles. The Balaban J connectivity index is 1.83. The second kappa shape index (κ2) is 3.94. The molecule has 3 N–H and O–H groups in total. The summed E-state index contributed by atoms with van der Waals surface area (Å²) in [5.41, 5.74) is 5.44. The summed E-state index contributed by atoms with van der Waals surface area (Å²) in [5, 5.41) is 3.38. The fourth-order valence-corrected chi connectivity index (χ4v) is 1.02. The first-order valence-electron chi connectivity index (χ1n) is 4.26. The van der Waals surface area contributed by atoms with Crippen LogP contribution in [-0.4, -0.2) is 19.1 Å². The minimum atomic E-state index is 0.499. The van der Waals surface area contributed by atoms with E-state index in [0.29, 0.717) is 6.04 Å². The highest BCUT2D eigenvalue weighted by molar-refractivity contribution is 4.74. The lowest BCUT2D eigenvalue weighted by atomic mass is 10.2. The third-order valence-electron chi connectivity index (χ3n) is 2.10. The lowest BCUT2D eigenvalue weighted by Gasteiger charge is -2.09. The Morgan fingerprint density at radius 1 is 1.60 bits per heavy atom. The molecule has 1 aliphatic rings. The van der Waals surface area contributed by atoms with Crippen LogP contribution in [0.1, 0.15) is 26.2 Å². The molecule has 0 aromatic carbocycles. The predicted molar refractivity (Wildman–Crippen MR) is 43.9 cm³/mol. The van der Waals surface area contributed by atoms with Gasteiger partial charge in [-0.25, -0.2) is 0 Å². The standard InChI is InChI=1S/C8H18N2/c1-7(6-9)10-5-4-8-2-3-8/h7-8,10H,2-6,9H2,1H3. The van der Waals surface area contributed by atoms with Crippen LogP contribution in [0.4, 0.5) is 0 Å². The molecule has 1 atom stereocenters. The molecule has 1 fully saturated rings. The Morgan fingerprint density at radius 2 is 2.30 bits per heavy atom. The van der Waals surface area contributed by atoms with E-state index in [9.17, 15) is 0 Å². The highest BCUT2D eigenvalue weighted by Crippen LogP contribution is 2.31. The molecule has 1 saturated carbocycles. The van der Waals surface area contributed by atoms with Gasteiger partial charge in [-0.2, -0.15) is 0 Å². The van der Waals surface area contributed by atoms with E-state index in [1.54, 1.807) is 0 Å². The summed E-state index contributed by atoms with van der Waals surface area (Å²) in [6.45, 7) is 4.04. The smallest absolute Gasteiger partial charge is 0.0161 e. The Kier molecular flexibility index (Phi) is 3.16. The molecule has 1 unspecified atom stereocenters. The molecule has 0 amide bonds. The van der Waals surface area contributed by atoms with E-state index in [-0.39, 0.29) is 0 Å². The summed E-state index contributed by atoms with van der Waals surface area (Å²) in [4.78, 5) is 0. The SMILES string of the molecule is CC(CN)NCCC1CC1. The van der Waals surface area contributed by atoms with Crippen molar-refractivity contribution in [3.8, 4) is 0 Å². The van der Waals surface area contributed by atoms with E-state index >= 15 is 0 Å². The second-order valence-electron chi connectivity index (χ2n) is 3.32. The Labute approximate surface area is 63.2 Å². The number of hydrogen-bond donors (Lipinski definition) is 2. The van der Waals surface area contributed by atoms with Gasteiger partial charge in [-0.1, -0.05) is 12.8 Å². The molecule has 0 saturated heterocycles. The first kappa shape index (κ1) is 8.02. The van der Waals surface area contributed by atoms with Crippen molar-refractivity contribution in [1.82, 2.24) is 5.32 Å². The topological polar surface area (TPSA) is 38.0 Å². The molecule has 0 bridgehead atoms. The monoisotopic (exact) mass is 142 g/mol. The third kappa shape index (κ3) is 3.18. The van der Waals surface area contributed by atoms with Crippen molar-refractivity contribution < 1.29 is 0 Å². The van der Waals surface area contributed by atoms with Crippen molar-refractivity contribution in [2.75, 3.05) is 13.1 Å². The van der Waals surface area contributed by atoms with E-state index in [2.05, 4.69) is 12.2 Å². The van der Waals surface area contributed by atoms with Crippen LogP contribution >= 0.6 is 0 Å². The maximum atomic E-state index is 5.44. The van der Waals surface area contributed by atoms with Crippen LogP contribution in [0.5, 0.6) is 0 Å². The van der Waals surface area contributed by atoms with Gasteiger partial charge in [0.25, 0.3) is 0 Å². The van der Waals surface area contributed by atoms with Crippen molar-refractivity contribution in [3.05, 3.63) is 0 Å². The van der Waals surface area contributed by atoms with Crippen LogP contribution in [0, 0.1) is 5.92 Å². The minimum Gasteiger partial charge on any atom is -0.329 e. The van der Waals surface area contributed by atoms with Crippen LogP contribution in [0.3, 0.4) is 0 Å². The largest absolute Gasteiger partial charge is 0.329 e. The Hall–Kier alpha value is -0.0800. The molecule has 10 heavy (non-hydrogen) atoms. The van der Waals surface area contributed by atoms with Crippen LogP contribution in [0.2, 0.25) is 0 Å². The summed E-state index contributed by atoms with van der Waals surface area (Å²) in [5.74, 6) is 1.04. The minimum absolute atomic E-state index is 0.499. The number of nitrogens with two attached hydrogens (primary N) is 1. The highest BCUT2D eigenvalue weighted by atomic mass is 14.9. The summed E-state index contributed by atoms with van der Waals surface area (Å²) in [7, 11) is 0. The molecular weight excluding hydrogens is 124 g/mol. The zero-order chi connectivity index (χ0) is 7.40. The number of nitrogens with one attached hydrogen (secondary N) is 1. The van der Waals surface area contributed by atoms with E-state index in [0.717, 1.165) is 19.0 Å². The molecule has 0 aliphatic heterocycles. The summed E-state index contributed by atoms with van der Waals surface area (Å²) >= 11 is 0. The van der Waals surface area contributed by atoms with Crippen molar-refractivity contribution in [2.24, 2.45) is 11.7 Å². The van der Waals surface area contributed by atoms with Crippen LogP contribution < -0.4 is 11.1 Å². The normalized spacial score (nSPS) is 21.0. The van der Waals surface area contributed by atoms with Gasteiger partial charge in [0, 0.05) is 12.6 Å². The molecule has 0 aromatic rings. The van der Waals surface area contributed by atoms with E-state index in [1.807, 2.05) is 0 Å². The van der Waals surface area contributed by atoms with Crippen molar-refractivity contribution in [3.63, 3.8) is 0 Å². The maximum Gasteiger partial charge on any atom is 0.0161 e. The third-order valence-corrected chi connectivity index (χ3v) is 2.10. The number of rotatable bonds is 5. The van der Waals surface area contributed by atoms with E-state index in [4.69, 9.17) is 5.73 Å². The van der Waals surface area contributed by atoms with Gasteiger partial charge in [-0.05, 0) is 25.8 Å². The van der Waals surface area contributed by atoms with Gasteiger partial charge in [0.15, 0.2) is 0 Å². The molecule has 2 heteroatoms. The zero-order valence-corrected chi connectivity index (χ0v) is 6.77. The van der Waals surface area contributed by atoms with Gasteiger partial charge >= 0.3 is 0 Å². The summed E-state index contributed by atoms with van der Waals surface area (Å²) in [6, 6.07) is 0.499. The van der Waals surface area contributed by atoms with Crippen molar-refractivity contribution >= 4 is 0 Å². The van der Waals surface area contributed by atoms with Gasteiger partial charge in [0.1, 0.15) is 0 Å². The lowest BCUT2D eigenvalue weighted by molar-refractivity contribution is 0.528. The Bertz CT molecular complexity index is 89.3. The molecule has 0 spiro atoms. The quantitative estimate of drug-likeness (QED) is 0.593. The van der Waals surface area contributed by atoms with Crippen LogP contribution in [0.25, 0.3) is 0 Å². The lowest BCUT2D eigenvalue weighted by Crippen LogP contribution is -2.33. The van der Waals surface area contributed by atoms with Crippen molar-refractivity contribution in [1.29, 1.82) is 0 Å². The molecular formula is C8H18N2. The van der Waals surface area contributed by atoms with Gasteiger partial charge < -0.3 is 11.1 Å². The maximum absolute atomic E-state index is 5.44. The molecule has 0 aromatic heterocycles. The molecule has 1 rings (SSSR count). The number of hydrogen-bond acceptors (Lipinski definition) is 2. The van der Waals surface area contributed by atoms with Gasteiger partial charge in [-0.15, -0.1) is 0 Å². The zero-order valence-electron chi connectivity index (χ0n) is 6.77. The molecule has 0 radical (unpaired) electrons. The fraction of sp³-hybridized carbons (Fsp3) is 1.00.